The van der Waals surface area contributed by atoms with Crippen LogP contribution < -0.4 is 10.6 Å². The molecule has 0 aliphatic heterocycles. The van der Waals surface area contributed by atoms with E-state index in [1.54, 1.807) is 38.1 Å². The number of hydrogen-bond acceptors (Lipinski definition) is 5. The van der Waals surface area contributed by atoms with Crippen LogP contribution in [-0.4, -0.2) is 70.7 Å². The SMILES string of the molecule is CCNC(=NCC(C)(O)c1cnn(C)c1)NCCN(C)C(=O)OC(C)(C)C. The van der Waals surface area contributed by atoms with Gasteiger partial charge in [-0.3, -0.25) is 4.68 Å². The molecule has 1 heterocycles. The number of aryl methyl sites for hydroxylation is 1. The number of aromatic nitrogens is 2. The van der Waals surface area contributed by atoms with Gasteiger partial charge in [-0.05, 0) is 34.6 Å². The number of nitrogens with zero attached hydrogens (tertiary/aromatic N) is 4. The molecule has 0 aliphatic rings. The van der Waals surface area contributed by atoms with Gasteiger partial charge in [-0.1, -0.05) is 0 Å². The van der Waals surface area contributed by atoms with Crippen LogP contribution in [0.1, 0.15) is 40.2 Å². The largest absolute Gasteiger partial charge is 0.444 e. The zero-order valence-corrected chi connectivity index (χ0v) is 17.5. The lowest BCUT2D eigenvalue weighted by molar-refractivity contribution is 0.0302. The van der Waals surface area contributed by atoms with Gasteiger partial charge in [-0.2, -0.15) is 5.10 Å². The number of hydrogen-bond donors (Lipinski definition) is 3. The summed E-state index contributed by atoms with van der Waals surface area (Å²) < 4.78 is 6.96. The van der Waals surface area contributed by atoms with Crippen LogP contribution in [0.5, 0.6) is 0 Å². The summed E-state index contributed by atoms with van der Waals surface area (Å²) >= 11 is 0. The van der Waals surface area contributed by atoms with E-state index in [1.165, 1.54) is 4.90 Å². The molecular weight excluding hydrogens is 348 g/mol. The third-order valence-electron chi connectivity index (χ3n) is 3.66. The van der Waals surface area contributed by atoms with Crippen LogP contribution in [0.2, 0.25) is 0 Å². The molecule has 9 nitrogen and oxygen atoms in total. The zero-order valence-electron chi connectivity index (χ0n) is 17.5. The summed E-state index contributed by atoms with van der Waals surface area (Å²) in [4.78, 5) is 17.9. The minimum Gasteiger partial charge on any atom is -0.444 e. The highest BCUT2D eigenvalue weighted by Crippen LogP contribution is 2.19. The van der Waals surface area contributed by atoms with Gasteiger partial charge in [0, 0.05) is 45.5 Å². The van der Waals surface area contributed by atoms with Crippen LogP contribution in [0.15, 0.2) is 17.4 Å². The number of nitrogens with one attached hydrogen (secondary N) is 2. The number of likely N-dealkylation sites (N-methyl/N-ethyl adjacent to an activating group) is 1. The van der Waals surface area contributed by atoms with E-state index < -0.39 is 11.2 Å². The van der Waals surface area contributed by atoms with Crippen molar-refractivity contribution in [2.75, 3.05) is 33.2 Å². The van der Waals surface area contributed by atoms with Crippen molar-refractivity contribution in [1.82, 2.24) is 25.3 Å². The maximum absolute atomic E-state index is 12.0. The Hall–Kier alpha value is -2.29. The molecule has 0 fully saturated rings. The Morgan fingerprint density at radius 1 is 1.37 bits per heavy atom. The molecule has 1 rings (SSSR count). The van der Waals surface area contributed by atoms with E-state index in [-0.39, 0.29) is 12.6 Å². The minimum atomic E-state index is -1.12. The number of carbonyl (C=O) groups excluding carboxylic acids is 1. The van der Waals surface area contributed by atoms with E-state index >= 15 is 0 Å². The molecule has 9 heteroatoms. The summed E-state index contributed by atoms with van der Waals surface area (Å²) in [6, 6.07) is 0. The maximum atomic E-state index is 12.0. The minimum absolute atomic E-state index is 0.177. The average Bonchev–Trinajstić information content (AvgIpc) is 2.98. The normalized spacial score (nSPS) is 14.4. The van der Waals surface area contributed by atoms with Gasteiger partial charge in [-0.15, -0.1) is 0 Å². The van der Waals surface area contributed by atoms with E-state index in [9.17, 15) is 9.90 Å². The second kappa shape index (κ2) is 9.59. The van der Waals surface area contributed by atoms with Crippen molar-refractivity contribution in [3.05, 3.63) is 18.0 Å². The molecule has 1 aromatic heterocycles. The molecule has 0 aliphatic carbocycles. The van der Waals surface area contributed by atoms with Gasteiger partial charge >= 0.3 is 6.09 Å². The van der Waals surface area contributed by atoms with Crippen molar-refractivity contribution >= 4 is 12.1 Å². The molecule has 27 heavy (non-hydrogen) atoms. The third kappa shape index (κ3) is 8.29. The summed E-state index contributed by atoms with van der Waals surface area (Å²) in [5.41, 5.74) is -0.939. The van der Waals surface area contributed by atoms with Gasteiger partial charge in [0.05, 0.1) is 12.7 Å². The first-order valence-corrected chi connectivity index (χ1v) is 9.12. The molecule has 1 amide bonds. The maximum Gasteiger partial charge on any atom is 0.410 e. The van der Waals surface area contributed by atoms with E-state index in [1.807, 2.05) is 27.7 Å². The molecule has 3 N–H and O–H groups in total. The number of ether oxygens (including phenoxy) is 1. The molecule has 0 spiro atoms. The van der Waals surface area contributed by atoms with Crippen LogP contribution >= 0.6 is 0 Å². The molecule has 0 saturated carbocycles. The molecule has 0 aromatic carbocycles. The number of carbonyl (C=O) groups is 1. The predicted octanol–water partition coefficient (Wildman–Crippen LogP) is 1.05. The molecule has 1 aromatic rings. The van der Waals surface area contributed by atoms with E-state index in [0.717, 1.165) is 0 Å². The fourth-order valence-electron chi connectivity index (χ4n) is 2.14. The van der Waals surface area contributed by atoms with E-state index in [4.69, 9.17) is 4.74 Å². The smallest absolute Gasteiger partial charge is 0.410 e. The highest BCUT2D eigenvalue weighted by Gasteiger charge is 2.24. The van der Waals surface area contributed by atoms with Crippen molar-refractivity contribution in [2.24, 2.45) is 12.0 Å². The number of rotatable bonds is 7. The number of guanidine groups is 1. The summed E-state index contributed by atoms with van der Waals surface area (Å²) in [6.45, 7) is 11.0. The van der Waals surface area contributed by atoms with Crippen LogP contribution in [0, 0.1) is 0 Å². The van der Waals surface area contributed by atoms with Crippen molar-refractivity contribution in [3.63, 3.8) is 0 Å². The first-order chi connectivity index (χ1) is 12.4. The zero-order chi connectivity index (χ0) is 20.7. The summed E-state index contributed by atoms with van der Waals surface area (Å²) in [6.07, 6.45) is 3.03. The fraction of sp³-hybridized carbons (Fsp3) is 0.722. The van der Waals surface area contributed by atoms with E-state index in [2.05, 4.69) is 20.7 Å². The van der Waals surface area contributed by atoms with Crippen LogP contribution in [0.25, 0.3) is 0 Å². The lowest BCUT2D eigenvalue weighted by Gasteiger charge is -2.25. The summed E-state index contributed by atoms with van der Waals surface area (Å²) in [5.74, 6) is 0.569. The lowest BCUT2D eigenvalue weighted by atomic mass is 10.0. The molecule has 1 atom stereocenters. The monoisotopic (exact) mass is 382 g/mol. The van der Waals surface area contributed by atoms with Crippen molar-refractivity contribution in [3.8, 4) is 0 Å². The quantitative estimate of drug-likeness (QED) is 0.481. The van der Waals surface area contributed by atoms with Gasteiger partial charge in [0.2, 0.25) is 0 Å². The predicted molar refractivity (Wildman–Crippen MR) is 106 cm³/mol. The molecular formula is C18H34N6O3. The van der Waals surface area contributed by atoms with Crippen molar-refractivity contribution in [2.45, 2.75) is 45.8 Å². The van der Waals surface area contributed by atoms with Crippen LogP contribution in [0.3, 0.4) is 0 Å². The molecule has 0 bridgehead atoms. The molecule has 154 valence electrons. The lowest BCUT2D eigenvalue weighted by Crippen LogP contribution is -2.43. The van der Waals surface area contributed by atoms with E-state index in [0.29, 0.717) is 31.2 Å². The van der Waals surface area contributed by atoms with Gasteiger partial charge in [0.1, 0.15) is 11.2 Å². The Kier molecular flexibility index (Phi) is 8.08. The second-order valence-corrected chi connectivity index (χ2v) is 7.70. The number of aliphatic imine (C=N–C) groups is 1. The van der Waals surface area contributed by atoms with Crippen LogP contribution in [-0.2, 0) is 17.4 Å². The Labute approximate surface area is 161 Å². The van der Waals surface area contributed by atoms with Gasteiger partial charge < -0.3 is 25.4 Å². The molecule has 0 radical (unpaired) electrons. The Balaban J connectivity index is 2.58. The summed E-state index contributed by atoms with van der Waals surface area (Å²) in [7, 11) is 3.49. The van der Waals surface area contributed by atoms with Crippen LogP contribution in [0.4, 0.5) is 4.79 Å². The Morgan fingerprint density at radius 3 is 2.56 bits per heavy atom. The number of amides is 1. The Bertz CT molecular complexity index is 633. The average molecular weight is 383 g/mol. The fourth-order valence-corrected chi connectivity index (χ4v) is 2.14. The van der Waals surface area contributed by atoms with Crippen molar-refractivity contribution in [1.29, 1.82) is 0 Å². The van der Waals surface area contributed by atoms with Crippen molar-refractivity contribution < 1.29 is 14.6 Å². The van der Waals surface area contributed by atoms with Gasteiger partial charge in [0.25, 0.3) is 0 Å². The highest BCUT2D eigenvalue weighted by molar-refractivity contribution is 5.79. The molecule has 1 unspecified atom stereocenters. The first kappa shape index (κ1) is 22.8. The second-order valence-electron chi connectivity index (χ2n) is 7.70. The standard InChI is InChI=1S/C18H34N6O3/c1-8-19-15(20-9-10-23(6)16(25)27-17(2,3)4)21-13-18(5,26)14-11-22-24(7)12-14/h11-12,26H,8-10,13H2,1-7H3,(H2,19,20,21). The topological polar surface area (TPSA) is 104 Å². The highest BCUT2D eigenvalue weighted by atomic mass is 16.6. The summed E-state index contributed by atoms with van der Waals surface area (Å²) in [5, 5.41) is 21.0. The van der Waals surface area contributed by atoms with Gasteiger partial charge in [-0.25, -0.2) is 9.79 Å². The first-order valence-electron chi connectivity index (χ1n) is 9.12. The van der Waals surface area contributed by atoms with Gasteiger partial charge in [0.15, 0.2) is 5.96 Å². The Morgan fingerprint density at radius 2 is 2.04 bits per heavy atom. The third-order valence-corrected chi connectivity index (χ3v) is 3.66. The molecule has 0 saturated heterocycles. The number of aliphatic hydroxyl groups is 1.